The van der Waals surface area contributed by atoms with Crippen molar-refractivity contribution in [2.45, 2.75) is 51.9 Å². The molecule has 0 aliphatic heterocycles. The number of rotatable bonds is 6. The minimum Gasteiger partial charge on any atom is -0.347 e. The van der Waals surface area contributed by atoms with E-state index in [1.165, 1.54) is 17.7 Å². The molecule has 0 heterocycles. The Morgan fingerprint density at radius 2 is 1.67 bits per heavy atom. The van der Waals surface area contributed by atoms with E-state index in [1.54, 1.807) is 19.0 Å². The van der Waals surface area contributed by atoms with Gasteiger partial charge in [0.15, 0.2) is 0 Å². The molecule has 2 N–H and O–H groups in total. The third kappa shape index (κ3) is 4.70. The molecule has 0 atom stereocenters. The van der Waals surface area contributed by atoms with Gasteiger partial charge in [0.2, 0.25) is 11.8 Å². The van der Waals surface area contributed by atoms with Crippen LogP contribution in [0, 0.1) is 5.41 Å². The smallest absolute Gasteiger partial charge is 0.241 e. The second-order valence-electron chi connectivity index (χ2n) is 6.41. The Bertz CT molecular complexity index is 347. The van der Waals surface area contributed by atoms with Gasteiger partial charge in [-0.2, -0.15) is 0 Å². The van der Waals surface area contributed by atoms with Crippen molar-refractivity contribution in [1.82, 2.24) is 9.80 Å². The highest BCUT2D eigenvalue weighted by Crippen LogP contribution is 2.36. The van der Waals surface area contributed by atoms with E-state index in [-0.39, 0.29) is 18.4 Å². The average molecular weight is 297 g/mol. The van der Waals surface area contributed by atoms with Crippen molar-refractivity contribution in [1.29, 1.82) is 0 Å². The average Bonchev–Trinajstić information content (AvgIpc) is 2.72. The topological polar surface area (TPSA) is 66.6 Å². The summed E-state index contributed by atoms with van der Waals surface area (Å²) in [5.41, 5.74) is 5.54. The number of amides is 2. The van der Waals surface area contributed by atoms with Crippen LogP contribution in [0.1, 0.15) is 51.9 Å². The number of nitrogens with two attached hydrogens (primary N) is 1. The summed E-state index contributed by atoms with van der Waals surface area (Å²) in [6.07, 6.45) is 7.05. The molecule has 0 aromatic carbocycles. The highest BCUT2D eigenvalue weighted by Gasteiger charge is 2.40. The lowest BCUT2D eigenvalue weighted by Gasteiger charge is -2.36. The first-order valence-corrected chi connectivity index (χ1v) is 8.16. The first-order valence-electron chi connectivity index (χ1n) is 8.16. The van der Waals surface area contributed by atoms with E-state index < -0.39 is 5.41 Å². The van der Waals surface area contributed by atoms with Crippen molar-refractivity contribution >= 4 is 11.8 Å². The Balaban J connectivity index is 2.88. The standard InChI is InChI=1S/C16H31N3O2/c1-4-11-19(12-14(20)18(2)3)15(21)16(13-17)9-7-5-6-8-10-16/h4-13,17H2,1-3H3. The summed E-state index contributed by atoms with van der Waals surface area (Å²) in [6.45, 7) is 3.21. The van der Waals surface area contributed by atoms with Gasteiger partial charge in [0.1, 0.15) is 0 Å². The van der Waals surface area contributed by atoms with Gasteiger partial charge in [-0.25, -0.2) is 0 Å². The van der Waals surface area contributed by atoms with Gasteiger partial charge in [-0.1, -0.05) is 32.6 Å². The van der Waals surface area contributed by atoms with Crippen molar-refractivity contribution in [3.63, 3.8) is 0 Å². The van der Waals surface area contributed by atoms with Gasteiger partial charge in [-0.15, -0.1) is 0 Å². The lowest BCUT2D eigenvalue weighted by molar-refractivity contribution is -0.147. The molecule has 0 unspecified atom stereocenters. The zero-order valence-corrected chi connectivity index (χ0v) is 13.9. The van der Waals surface area contributed by atoms with Crippen molar-refractivity contribution in [3.8, 4) is 0 Å². The number of likely N-dealkylation sites (N-methyl/N-ethyl adjacent to an activating group) is 1. The maximum atomic E-state index is 13.0. The molecular weight excluding hydrogens is 266 g/mol. The first-order chi connectivity index (χ1) is 9.96. The predicted molar refractivity (Wildman–Crippen MR) is 84.8 cm³/mol. The number of hydrogen-bond donors (Lipinski definition) is 1. The van der Waals surface area contributed by atoms with Gasteiger partial charge >= 0.3 is 0 Å². The molecule has 0 aromatic heterocycles. The molecule has 0 aromatic rings. The molecule has 1 aliphatic carbocycles. The molecule has 1 fully saturated rings. The van der Waals surface area contributed by atoms with Crippen LogP contribution in [0.25, 0.3) is 0 Å². The number of nitrogens with zero attached hydrogens (tertiary/aromatic N) is 2. The van der Waals surface area contributed by atoms with Crippen molar-refractivity contribution in [2.24, 2.45) is 11.1 Å². The third-order valence-electron chi connectivity index (χ3n) is 4.51. The summed E-state index contributed by atoms with van der Waals surface area (Å²) in [6, 6.07) is 0. The van der Waals surface area contributed by atoms with Crippen LogP contribution in [0.3, 0.4) is 0 Å². The quantitative estimate of drug-likeness (QED) is 0.757. The second kappa shape index (κ2) is 8.37. The Hall–Kier alpha value is -1.10. The number of hydrogen-bond acceptors (Lipinski definition) is 3. The summed E-state index contributed by atoms with van der Waals surface area (Å²) in [4.78, 5) is 28.3. The normalized spacial score (nSPS) is 17.9. The van der Waals surface area contributed by atoms with Crippen LogP contribution >= 0.6 is 0 Å². The fourth-order valence-corrected chi connectivity index (χ4v) is 3.07. The van der Waals surface area contributed by atoms with Crippen LogP contribution in [-0.4, -0.2) is 55.3 Å². The van der Waals surface area contributed by atoms with Crippen LogP contribution in [0.15, 0.2) is 0 Å². The molecule has 21 heavy (non-hydrogen) atoms. The minimum atomic E-state index is -0.446. The van der Waals surface area contributed by atoms with Gasteiger partial charge < -0.3 is 15.5 Å². The molecule has 122 valence electrons. The van der Waals surface area contributed by atoms with Crippen LogP contribution in [0.4, 0.5) is 0 Å². The van der Waals surface area contributed by atoms with E-state index in [4.69, 9.17) is 5.73 Å². The van der Waals surface area contributed by atoms with Gasteiger partial charge in [-0.3, -0.25) is 9.59 Å². The highest BCUT2D eigenvalue weighted by atomic mass is 16.2. The van der Waals surface area contributed by atoms with Gasteiger partial charge in [0.05, 0.1) is 12.0 Å². The van der Waals surface area contributed by atoms with Gasteiger partial charge in [0.25, 0.3) is 0 Å². The summed E-state index contributed by atoms with van der Waals surface area (Å²) >= 11 is 0. The first kappa shape index (κ1) is 18.0. The summed E-state index contributed by atoms with van der Waals surface area (Å²) in [7, 11) is 3.45. The molecule has 1 saturated carbocycles. The Morgan fingerprint density at radius 1 is 1.10 bits per heavy atom. The van der Waals surface area contributed by atoms with Crippen molar-refractivity contribution in [3.05, 3.63) is 0 Å². The van der Waals surface area contributed by atoms with E-state index in [0.717, 1.165) is 32.1 Å². The van der Waals surface area contributed by atoms with Crippen LogP contribution in [-0.2, 0) is 9.59 Å². The van der Waals surface area contributed by atoms with Crippen LogP contribution in [0.5, 0.6) is 0 Å². The molecular formula is C16H31N3O2. The van der Waals surface area contributed by atoms with Crippen LogP contribution in [0.2, 0.25) is 0 Å². The number of carbonyl (C=O) groups excluding carboxylic acids is 2. The molecule has 1 aliphatic rings. The molecule has 2 amide bonds. The van der Waals surface area contributed by atoms with E-state index in [1.807, 2.05) is 6.92 Å². The molecule has 5 nitrogen and oxygen atoms in total. The largest absolute Gasteiger partial charge is 0.347 e. The summed E-state index contributed by atoms with van der Waals surface area (Å²) in [5.74, 6) is 0.0570. The van der Waals surface area contributed by atoms with Crippen LogP contribution < -0.4 is 5.73 Å². The fraction of sp³-hybridized carbons (Fsp3) is 0.875. The maximum absolute atomic E-state index is 13.0. The van der Waals surface area contributed by atoms with E-state index in [9.17, 15) is 9.59 Å². The zero-order chi connectivity index (χ0) is 15.9. The molecule has 0 bridgehead atoms. The van der Waals surface area contributed by atoms with E-state index >= 15 is 0 Å². The molecule has 0 radical (unpaired) electrons. The fourth-order valence-electron chi connectivity index (χ4n) is 3.07. The van der Waals surface area contributed by atoms with E-state index in [2.05, 4.69) is 0 Å². The third-order valence-corrected chi connectivity index (χ3v) is 4.51. The van der Waals surface area contributed by atoms with Gasteiger partial charge in [0, 0.05) is 27.2 Å². The SMILES string of the molecule is CCCN(CC(=O)N(C)C)C(=O)C1(CN)CCCCCC1. The lowest BCUT2D eigenvalue weighted by atomic mass is 9.79. The zero-order valence-electron chi connectivity index (χ0n) is 13.9. The Labute approximate surface area is 128 Å². The molecule has 0 saturated heterocycles. The number of carbonyl (C=O) groups is 2. The summed E-state index contributed by atoms with van der Waals surface area (Å²) < 4.78 is 0. The highest BCUT2D eigenvalue weighted by molar-refractivity contribution is 5.88. The minimum absolute atomic E-state index is 0.0300. The predicted octanol–water partition coefficient (Wildman–Crippen LogP) is 1.61. The maximum Gasteiger partial charge on any atom is 0.241 e. The Kier molecular flexibility index (Phi) is 7.15. The van der Waals surface area contributed by atoms with Crippen molar-refractivity contribution < 1.29 is 9.59 Å². The molecule has 1 rings (SSSR count). The molecule has 5 heteroatoms. The lowest BCUT2D eigenvalue weighted by Crippen LogP contribution is -2.51. The molecule has 0 spiro atoms. The van der Waals surface area contributed by atoms with Gasteiger partial charge in [-0.05, 0) is 19.3 Å². The monoisotopic (exact) mass is 297 g/mol. The Morgan fingerprint density at radius 3 is 2.10 bits per heavy atom. The van der Waals surface area contributed by atoms with E-state index in [0.29, 0.717) is 13.1 Å². The second-order valence-corrected chi connectivity index (χ2v) is 6.41. The summed E-state index contributed by atoms with van der Waals surface area (Å²) in [5, 5.41) is 0. The van der Waals surface area contributed by atoms with Crippen molar-refractivity contribution in [2.75, 3.05) is 33.7 Å².